The van der Waals surface area contributed by atoms with E-state index in [9.17, 15) is 10.5 Å². The van der Waals surface area contributed by atoms with Gasteiger partial charge in [0.1, 0.15) is 34.5 Å². The number of benzene rings is 6. The van der Waals surface area contributed by atoms with Crippen LogP contribution in [-0.4, -0.2) is 0 Å². The third-order valence-corrected chi connectivity index (χ3v) is 8.00. The van der Waals surface area contributed by atoms with Crippen LogP contribution >= 0.6 is 0 Å². The van der Waals surface area contributed by atoms with Gasteiger partial charge in [0.25, 0.3) is 0 Å². The Kier molecular flexibility index (Phi) is 5.22. The van der Waals surface area contributed by atoms with Crippen LogP contribution in [0.1, 0.15) is 11.1 Å². The number of furan rings is 2. The molecule has 194 valence electrons. The molecular formula is C38H20N2O2. The number of nitriles is 2. The molecule has 2 heterocycles. The van der Waals surface area contributed by atoms with E-state index >= 15 is 0 Å². The van der Waals surface area contributed by atoms with Gasteiger partial charge in [0.05, 0.1) is 11.1 Å². The zero-order valence-corrected chi connectivity index (χ0v) is 22.3. The van der Waals surface area contributed by atoms with E-state index in [0.29, 0.717) is 27.8 Å². The van der Waals surface area contributed by atoms with Gasteiger partial charge in [-0.3, -0.25) is 0 Å². The van der Waals surface area contributed by atoms with Gasteiger partial charge in [0.15, 0.2) is 0 Å². The van der Waals surface area contributed by atoms with Crippen LogP contribution in [0.15, 0.2) is 130 Å². The third-order valence-electron chi connectivity index (χ3n) is 8.00. The van der Waals surface area contributed by atoms with Gasteiger partial charge in [-0.1, -0.05) is 97.1 Å². The number of para-hydroxylation sites is 3. The molecule has 0 saturated heterocycles. The van der Waals surface area contributed by atoms with Crippen molar-refractivity contribution in [1.82, 2.24) is 0 Å². The summed E-state index contributed by atoms with van der Waals surface area (Å²) in [7, 11) is 0. The molecule has 4 heteroatoms. The number of nitrogens with zero attached hydrogens (tertiary/aromatic N) is 2. The molecule has 2 aromatic heterocycles. The number of rotatable bonds is 3. The lowest BCUT2D eigenvalue weighted by molar-refractivity contribution is 0.669. The first-order chi connectivity index (χ1) is 20.8. The predicted octanol–water partition coefficient (Wildman–Crippen LogP) is 10.2. The van der Waals surface area contributed by atoms with Crippen molar-refractivity contribution in [2.75, 3.05) is 0 Å². The molecule has 0 fully saturated rings. The molecule has 0 aliphatic rings. The number of hydrogen-bond acceptors (Lipinski definition) is 4. The summed E-state index contributed by atoms with van der Waals surface area (Å²) in [5.41, 5.74) is 8.28. The molecular weight excluding hydrogens is 516 g/mol. The van der Waals surface area contributed by atoms with Gasteiger partial charge < -0.3 is 8.83 Å². The Balaban J connectivity index is 1.56. The molecule has 0 amide bonds. The van der Waals surface area contributed by atoms with Gasteiger partial charge in [0.2, 0.25) is 0 Å². The highest BCUT2D eigenvalue weighted by molar-refractivity contribution is 6.15. The molecule has 0 N–H and O–H groups in total. The summed E-state index contributed by atoms with van der Waals surface area (Å²) in [5, 5.41) is 25.4. The number of fused-ring (bicyclic) bond motifs is 6. The van der Waals surface area contributed by atoms with Crippen molar-refractivity contribution in [1.29, 1.82) is 10.5 Å². The standard InChI is InChI=1S/C38H20N2O2/c39-21-31-29(23-10-2-1-3-11-23)20-30(25-14-9-19-35-37(25)27-13-5-7-18-34(27)41-35)32(22-40)36(31)28-16-8-15-26-24-12-4-6-17-33(24)42-38(26)28/h1-20H. The fourth-order valence-corrected chi connectivity index (χ4v) is 6.19. The molecule has 0 aliphatic carbocycles. The lowest BCUT2D eigenvalue weighted by atomic mass is 9.83. The predicted molar refractivity (Wildman–Crippen MR) is 167 cm³/mol. The molecule has 0 unspecified atom stereocenters. The maximum absolute atomic E-state index is 10.8. The summed E-state index contributed by atoms with van der Waals surface area (Å²) in [6.45, 7) is 0. The summed E-state index contributed by atoms with van der Waals surface area (Å²) in [6.07, 6.45) is 0. The van der Waals surface area contributed by atoms with E-state index in [2.05, 4.69) is 12.1 Å². The average Bonchev–Trinajstić information content (AvgIpc) is 3.63. The molecule has 4 nitrogen and oxygen atoms in total. The lowest BCUT2D eigenvalue weighted by Crippen LogP contribution is -1.98. The van der Waals surface area contributed by atoms with E-state index in [1.165, 1.54) is 0 Å². The Labute approximate surface area is 240 Å². The molecule has 0 spiro atoms. The summed E-state index contributed by atoms with van der Waals surface area (Å²) in [6, 6.07) is 44.4. The van der Waals surface area contributed by atoms with E-state index in [1.54, 1.807) is 0 Å². The first kappa shape index (κ1) is 23.8. The van der Waals surface area contributed by atoms with Gasteiger partial charge in [-0.05, 0) is 35.4 Å². The second-order valence-corrected chi connectivity index (χ2v) is 10.2. The van der Waals surface area contributed by atoms with Crippen LogP contribution in [0.4, 0.5) is 0 Å². The Morgan fingerprint density at radius 1 is 0.452 bits per heavy atom. The molecule has 8 aromatic rings. The fraction of sp³-hybridized carbons (Fsp3) is 0. The van der Waals surface area contributed by atoms with Crippen molar-refractivity contribution in [3.05, 3.63) is 132 Å². The van der Waals surface area contributed by atoms with Crippen molar-refractivity contribution in [2.45, 2.75) is 0 Å². The largest absolute Gasteiger partial charge is 0.456 e. The van der Waals surface area contributed by atoms with E-state index in [0.717, 1.165) is 60.5 Å². The normalized spacial score (nSPS) is 11.3. The zero-order chi connectivity index (χ0) is 28.2. The van der Waals surface area contributed by atoms with Gasteiger partial charge in [-0.2, -0.15) is 10.5 Å². The lowest BCUT2D eigenvalue weighted by Gasteiger charge is -2.17. The third kappa shape index (κ3) is 3.40. The summed E-state index contributed by atoms with van der Waals surface area (Å²) in [4.78, 5) is 0. The van der Waals surface area contributed by atoms with Crippen LogP contribution in [0.5, 0.6) is 0 Å². The van der Waals surface area contributed by atoms with Crippen LogP contribution in [0.25, 0.3) is 77.3 Å². The van der Waals surface area contributed by atoms with E-state index in [1.807, 2.05) is 121 Å². The highest BCUT2D eigenvalue weighted by Crippen LogP contribution is 2.46. The van der Waals surface area contributed by atoms with Crippen LogP contribution < -0.4 is 0 Å². The maximum atomic E-state index is 10.8. The summed E-state index contributed by atoms with van der Waals surface area (Å²) >= 11 is 0. The van der Waals surface area contributed by atoms with Crippen molar-refractivity contribution in [3.8, 4) is 45.5 Å². The topological polar surface area (TPSA) is 73.9 Å². The minimum atomic E-state index is 0.414. The van der Waals surface area contributed by atoms with Gasteiger partial charge in [-0.25, -0.2) is 0 Å². The zero-order valence-electron chi connectivity index (χ0n) is 22.3. The Hall–Kier alpha value is -6.10. The minimum absolute atomic E-state index is 0.414. The van der Waals surface area contributed by atoms with Crippen LogP contribution in [-0.2, 0) is 0 Å². The summed E-state index contributed by atoms with van der Waals surface area (Å²) in [5.74, 6) is 0. The molecule has 0 atom stereocenters. The fourth-order valence-electron chi connectivity index (χ4n) is 6.19. The monoisotopic (exact) mass is 536 g/mol. The molecule has 8 rings (SSSR count). The SMILES string of the molecule is N#Cc1c(-c2ccccc2)cc(-c2cccc3oc4ccccc4c23)c(C#N)c1-c1cccc2c1oc1ccccc12. The minimum Gasteiger partial charge on any atom is -0.456 e. The van der Waals surface area contributed by atoms with E-state index in [4.69, 9.17) is 8.83 Å². The summed E-state index contributed by atoms with van der Waals surface area (Å²) < 4.78 is 12.6. The molecule has 0 bridgehead atoms. The molecule has 0 aliphatic heterocycles. The second-order valence-electron chi connectivity index (χ2n) is 10.2. The van der Waals surface area contributed by atoms with Crippen LogP contribution in [0.2, 0.25) is 0 Å². The highest BCUT2D eigenvalue weighted by Gasteiger charge is 2.26. The van der Waals surface area contributed by atoms with Gasteiger partial charge in [-0.15, -0.1) is 0 Å². The van der Waals surface area contributed by atoms with Crippen molar-refractivity contribution in [2.24, 2.45) is 0 Å². The Morgan fingerprint density at radius 3 is 1.83 bits per heavy atom. The molecule has 42 heavy (non-hydrogen) atoms. The molecule has 6 aromatic carbocycles. The van der Waals surface area contributed by atoms with Gasteiger partial charge in [0, 0.05) is 43.8 Å². The van der Waals surface area contributed by atoms with Gasteiger partial charge >= 0.3 is 0 Å². The Bertz CT molecular complexity index is 2430. The highest BCUT2D eigenvalue weighted by atomic mass is 16.3. The van der Waals surface area contributed by atoms with Crippen molar-refractivity contribution in [3.63, 3.8) is 0 Å². The average molecular weight is 537 g/mol. The number of hydrogen-bond donors (Lipinski definition) is 0. The van der Waals surface area contributed by atoms with Crippen LogP contribution in [0.3, 0.4) is 0 Å². The second kappa shape index (κ2) is 9.24. The smallest absolute Gasteiger partial charge is 0.143 e. The van der Waals surface area contributed by atoms with Crippen LogP contribution in [0, 0.1) is 22.7 Å². The van der Waals surface area contributed by atoms with Crippen molar-refractivity contribution >= 4 is 43.9 Å². The molecule has 0 saturated carbocycles. The van der Waals surface area contributed by atoms with Crippen molar-refractivity contribution < 1.29 is 8.83 Å². The van der Waals surface area contributed by atoms with E-state index < -0.39 is 0 Å². The first-order valence-electron chi connectivity index (χ1n) is 13.6. The Morgan fingerprint density at radius 2 is 1.05 bits per heavy atom. The van der Waals surface area contributed by atoms with E-state index in [-0.39, 0.29) is 0 Å². The first-order valence-corrected chi connectivity index (χ1v) is 13.6. The molecule has 0 radical (unpaired) electrons. The maximum Gasteiger partial charge on any atom is 0.143 e. The quantitative estimate of drug-likeness (QED) is 0.225.